The molecule has 0 unspecified atom stereocenters. The van der Waals surface area contributed by atoms with E-state index in [4.69, 9.17) is 9.47 Å². The summed E-state index contributed by atoms with van der Waals surface area (Å²) in [6, 6.07) is 16.6. The number of fused-ring (bicyclic) bond motifs is 14. The van der Waals surface area contributed by atoms with Crippen LogP contribution >= 0.6 is 0 Å². The average molecular weight is 522 g/mol. The molecule has 6 heteroatoms. The van der Waals surface area contributed by atoms with Gasteiger partial charge in [-0.1, -0.05) is 69.7 Å². The molecule has 0 radical (unpaired) electrons. The highest BCUT2D eigenvalue weighted by atomic mass is 16.5. The summed E-state index contributed by atoms with van der Waals surface area (Å²) in [7, 11) is 0. The van der Waals surface area contributed by atoms with Crippen LogP contribution in [0.25, 0.3) is 0 Å². The van der Waals surface area contributed by atoms with E-state index in [-0.39, 0.29) is 36.6 Å². The van der Waals surface area contributed by atoms with Crippen LogP contribution < -0.4 is 10.1 Å². The first kappa shape index (κ1) is 29.4. The molecule has 0 saturated heterocycles. The fraction of sp³-hybridized carbons (Fsp3) is 0.531. The van der Waals surface area contributed by atoms with Gasteiger partial charge in [0.05, 0.1) is 25.0 Å². The van der Waals surface area contributed by atoms with Crippen LogP contribution in [0.4, 0.5) is 0 Å². The van der Waals surface area contributed by atoms with Crippen molar-refractivity contribution in [2.45, 2.75) is 84.8 Å². The summed E-state index contributed by atoms with van der Waals surface area (Å²) in [4.78, 5) is 39.7. The summed E-state index contributed by atoms with van der Waals surface area (Å²) in [6.07, 6.45) is 5.16. The molecule has 206 valence electrons. The smallest absolute Gasteiger partial charge is 0.306 e. The minimum absolute atomic E-state index is 0.0584. The molecule has 4 rings (SSSR count). The van der Waals surface area contributed by atoms with Crippen LogP contribution in [-0.4, -0.2) is 30.3 Å². The van der Waals surface area contributed by atoms with Crippen molar-refractivity contribution in [1.29, 1.82) is 0 Å². The second kappa shape index (κ2) is 15.3. The minimum atomic E-state index is -0.648. The zero-order valence-corrected chi connectivity index (χ0v) is 23.1. The third-order valence-electron chi connectivity index (χ3n) is 7.19. The molecule has 0 spiro atoms. The lowest BCUT2D eigenvalue weighted by molar-refractivity contribution is -0.148. The van der Waals surface area contributed by atoms with Gasteiger partial charge in [0.15, 0.2) is 5.78 Å². The van der Waals surface area contributed by atoms with Crippen LogP contribution in [-0.2, 0) is 32.1 Å². The molecule has 2 aliphatic heterocycles. The molecule has 2 aromatic rings. The Balaban J connectivity index is 1.79. The van der Waals surface area contributed by atoms with Crippen molar-refractivity contribution in [2.75, 3.05) is 6.61 Å². The number of amides is 1. The largest absolute Gasteiger partial charge is 0.494 e. The molecule has 0 aliphatic carbocycles. The Morgan fingerprint density at radius 1 is 1.03 bits per heavy atom. The molecule has 2 aliphatic rings. The lowest BCUT2D eigenvalue weighted by atomic mass is 9.88. The van der Waals surface area contributed by atoms with Crippen LogP contribution in [0.2, 0.25) is 0 Å². The van der Waals surface area contributed by atoms with Crippen molar-refractivity contribution in [3.63, 3.8) is 0 Å². The molecule has 2 aromatic carbocycles. The van der Waals surface area contributed by atoms with Crippen LogP contribution in [0.3, 0.4) is 0 Å². The van der Waals surface area contributed by atoms with Crippen LogP contribution in [0.15, 0.2) is 54.6 Å². The molecular formula is C32H43NO5. The van der Waals surface area contributed by atoms with E-state index in [2.05, 4.69) is 26.1 Å². The van der Waals surface area contributed by atoms with Crippen molar-refractivity contribution < 1.29 is 23.9 Å². The molecule has 3 atom stereocenters. The second-order valence-electron chi connectivity index (χ2n) is 10.9. The fourth-order valence-corrected chi connectivity index (χ4v) is 4.90. The van der Waals surface area contributed by atoms with Gasteiger partial charge in [0.2, 0.25) is 5.91 Å². The predicted molar refractivity (Wildman–Crippen MR) is 149 cm³/mol. The maximum Gasteiger partial charge on any atom is 0.306 e. The average Bonchev–Trinajstić information content (AvgIpc) is 2.91. The van der Waals surface area contributed by atoms with E-state index in [0.29, 0.717) is 25.9 Å². The number of Topliss-reactive ketones (excluding diaryl/α,β-unsaturated/α-hetero) is 1. The van der Waals surface area contributed by atoms with Crippen LogP contribution in [0.5, 0.6) is 5.75 Å². The van der Waals surface area contributed by atoms with Gasteiger partial charge in [-0.15, -0.1) is 0 Å². The summed E-state index contributed by atoms with van der Waals surface area (Å²) < 4.78 is 11.4. The highest BCUT2D eigenvalue weighted by Crippen LogP contribution is 2.23. The van der Waals surface area contributed by atoms with E-state index >= 15 is 0 Å². The van der Waals surface area contributed by atoms with Gasteiger partial charge >= 0.3 is 5.97 Å². The van der Waals surface area contributed by atoms with E-state index in [9.17, 15) is 14.4 Å². The molecule has 1 N–H and O–H groups in total. The maximum atomic E-state index is 13.6. The molecule has 6 nitrogen and oxygen atoms in total. The van der Waals surface area contributed by atoms with Gasteiger partial charge in [-0.2, -0.15) is 0 Å². The van der Waals surface area contributed by atoms with Crippen molar-refractivity contribution in [1.82, 2.24) is 5.32 Å². The fourth-order valence-electron chi connectivity index (χ4n) is 4.90. The predicted octanol–water partition coefficient (Wildman–Crippen LogP) is 6.06. The number of carbonyl (C=O) groups excluding carboxylic acids is 3. The number of hydrogen-bond acceptors (Lipinski definition) is 5. The lowest BCUT2D eigenvalue weighted by Crippen LogP contribution is -2.45. The van der Waals surface area contributed by atoms with Gasteiger partial charge in [-0.3, -0.25) is 14.4 Å². The van der Waals surface area contributed by atoms with E-state index in [0.717, 1.165) is 42.6 Å². The number of hydrogen-bond donors (Lipinski definition) is 1. The van der Waals surface area contributed by atoms with E-state index in [1.54, 1.807) is 0 Å². The molecule has 2 heterocycles. The van der Waals surface area contributed by atoms with Crippen molar-refractivity contribution in [2.24, 2.45) is 17.8 Å². The summed E-state index contributed by atoms with van der Waals surface area (Å²) >= 11 is 0. The maximum absolute atomic E-state index is 13.6. The van der Waals surface area contributed by atoms with E-state index < -0.39 is 17.9 Å². The zero-order chi connectivity index (χ0) is 27.3. The number of rotatable bonds is 7. The third-order valence-corrected chi connectivity index (χ3v) is 7.19. The number of nitrogens with one attached hydrogen (secondary N) is 1. The SMILES string of the molecule is CC[C@@H]1CCCCOc2ccc(cc2)C[C@H](CC(=O)OCc2ccccc2)C(=O)N[C@@H](CC(C)C)C(=O)C1. The Hall–Kier alpha value is -3.15. The molecule has 38 heavy (non-hydrogen) atoms. The number of ketones is 1. The first-order chi connectivity index (χ1) is 18.3. The summed E-state index contributed by atoms with van der Waals surface area (Å²) in [5.41, 5.74) is 1.82. The van der Waals surface area contributed by atoms with Gasteiger partial charge in [0.1, 0.15) is 12.4 Å². The standard InChI is InChI=1S/C32H43NO5/c1-4-24-10-8-9-17-37-28-15-13-25(14-16-28)19-27(21-31(35)38-22-26-11-6-5-7-12-26)32(36)33-29(18-23(2)3)30(34)20-24/h5-7,11-16,23-24,27,29H,4,8-10,17-22H2,1-3H3,(H,33,36)/t24-,27-,29+/m1/s1. The lowest BCUT2D eigenvalue weighted by Gasteiger charge is -2.25. The van der Waals surface area contributed by atoms with Crippen molar-refractivity contribution in [3.8, 4) is 5.75 Å². The van der Waals surface area contributed by atoms with Gasteiger partial charge in [-0.25, -0.2) is 0 Å². The number of carbonyl (C=O) groups is 3. The number of ether oxygens (including phenoxy) is 2. The minimum Gasteiger partial charge on any atom is -0.494 e. The molecule has 0 fully saturated rings. The quantitative estimate of drug-likeness (QED) is 0.448. The van der Waals surface area contributed by atoms with Gasteiger partial charge in [-0.05, 0) is 67.2 Å². The number of esters is 1. The first-order valence-corrected chi connectivity index (χ1v) is 14.1. The summed E-state index contributed by atoms with van der Waals surface area (Å²) in [5, 5.41) is 3.04. The van der Waals surface area contributed by atoms with E-state index in [1.165, 1.54) is 0 Å². The highest BCUT2D eigenvalue weighted by Gasteiger charge is 2.29. The van der Waals surface area contributed by atoms with Crippen molar-refractivity contribution >= 4 is 17.7 Å². The molecule has 2 bridgehead atoms. The Kier molecular flexibility index (Phi) is 11.8. The van der Waals surface area contributed by atoms with Crippen LogP contribution in [0, 0.1) is 17.8 Å². The van der Waals surface area contributed by atoms with Crippen molar-refractivity contribution in [3.05, 3.63) is 65.7 Å². The Labute approximate surface area is 227 Å². The van der Waals surface area contributed by atoms with Gasteiger partial charge < -0.3 is 14.8 Å². The van der Waals surface area contributed by atoms with Crippen LogP contribution in [0.1, 0.15) is 76.8 Å². The molecule has 0 aromatic heterocycles. The summed E-state index contributed by atoms with van der Waals surface area (Å²) in [6.45, 7) is 7.02. The Morgan fingerprint density at radius 3 is 2.45 bits per heavy atom. The molecule has 0 saturated carbocycles. The van der Waals surface area contributed by atoms with E-state index in [1.807, 2.05) is 54.6 Å². The molecular weight excluding hydrogens is 478 g/mol. The highest BCUT2D eigenvalue weighted by molar-refractivity contribution is 5.91. The summed E-state index contributed by atoms with van der Waals surface area (Å²) in [5.74, 6) is 0.0419. The Morgan fingerprint density at radius 2 is 1.76 bits per heavy atom. The third kappa shape index (κ3) is 9.96. The second-order valence-corrected chi connectivity index (χ2v) is 10.9. The topological polar surface area (TPSA) is 81.7 Å². The van der Waals surface area contributed by atoms with Gasteiger partial charge in [0.25, 0.3) is 0 Å². The first-order valence-electron chi connectivity index (χ1n) is 14.1. The molecule has 1 amide bonds. The Bertz CT molecular complexity index is 1020. The normalized spacial score (nSPS) is 21.4. The monoisotopic (exact) mass is 521 g/mol. The number of benzene rings is 2. The van der Waals surface area contributed by atoms with Gasteiger partial charge in [0, 0.05) is 6.42 Å². The zero-order valence-electron chi connectivity index (χ0n) is 23.1.